The second-order valence-corrected chi connectivity index (χ2v) is 6.17. The lowest BCUT2D eigenvalue weighted by Crippen LogP contribution is -2.40. The average Bonchev–Trinajstić information content (AvgIpc) is 2.98. The minimum absolute atomic E-state index is 0.0368. The third kappa shape index (κ3) is 2.83. The lowest BCUT2D eigenvalue weighted by molar-refractivity contribution is -0.0610. The van der Waals surface area contributed by atoms with E-state index in [0.717, 1.165) is 44.3 Å². The van der Waals surface area contributed by atoms with Gasteiger partial charge in [-0.15, -0.1) is 0 Å². The van der Waals surface area contributed by atoms with Gasteiger partial charge in [0.15, 0.2) is 0 Å². The van der Waals surface area contributed by atoms with Crippen LogP contribution in [0.1, 0.15) is 53.9 Å². The van der Waals surface area contributed by atoms with Crippen molar-refractivity contribution < 1.29 is 19.4 Å². The molecule has 2 aliphatic rings. The van der Waals surface area contributed by atoms with E-state index in [1.807, 2.05) is 12.1 Å². The van der Waals surface area contributed by atoms with E-state index in [4.69, 9.17) is 9.47 Å². The Morgan fingerprint density at radius 3 is 2.71 bits per heavy atom. The number of hydrogen-bond donors (Lipinski definition) is 1. The first-order valence-corrected chi connectivity index (χ1v) is 7.64. The van der Waals surface area contributed by atoms with Gasteiger partial charge >= 0.3 is 5.97 Å². The SMILES string of the molecule is COC(=O)c1ccc([C@@H]2C[C@]3(CCCO3)CC[C@@H]2O)cc1. The van der Waals surface area contributed by atoms with E-state index in [-0.39, 0.29) is 23.6 Å². The number of ether oxygens (including phenoxy) is 2. The number of aliphatic hydroxyl groups is 1. The van der Waals surface area contributed by atoms with Crippen molar-refractivity contribution in [1.82, 2.24) is 0 Å². The quantitative estimate of drug-likeness (QED) is 0.851. The number of carbonyl (C=O) groups is 1. The van der Waals surface area contributed by atoms with Gasteiger partial charge in [-0.2, -0.15) is 0 Å². The first kappa shape index (κ1) is 14.5. The fraction of sp³-hybridized carbons (Fsp3) is 0.588. The smallest absolute Gasteiger partial charge is 0.337 e. The Labute approximate surface area is 125 Å². The first-order chi connectivity index (χ1) is 10.1. The summed E-state index contributed by atoms with van der Waals surface area (Å²) in [4.78, 5) is 11.5. The van der Waals surface area contributed by atoms with Crippen molar-refractivity contribution in [3.63, 3.8) is 0 Å². The van der Waals surface area contributed by atoms with Crippen LogP contribution in [0.3, 0.4) is 0 Å². The van der Waals surface area contributed by atoms with Gasteiger partial charge in [0.2, 0.25) is 0 Å². The van der Waals surface area contributed by atoms with Gasteiger partial charge in [-0.05, 0) is 49.8 Å². The number of carbonyl (C=O) groups excluding carboxylic acids is 1. The molecule has 114 valence electrons. The van der Waals surface area contributed by atoms with Crippen molar-refractivity contribution in [3.8, 4) is 0 Å². The second-order valence-electron chi connectivity index (χ2n) is 6.17. The lowest BCUT2D eigenvalue weighted by atomic mass is 9.72. The number of methoxy groups -OCH3 is 1. The molecule has 1 aliphatic carbocycles. The van der Waals surface area contributed by atoms with Gasteiger partial charge < -0.3 is 14.6 Å². The summed E-state index contributed by atoms with van der Waals surface area (Å²) in [5, 5.41) is 10.3. The highest BCUT2D eigenvalue weighted by Gasteiger charge is 2.43. The Hall–Kier alpha value is -1.39. The highest BCUT2D eigenvalue weighted by Crippen LogP contribution is 2.45. The van der Waals surface area contributed by atoms with Crippen molar-refractivity contribution in [1.29, 1.82) is 0 Å². The molecule has 1 aromatic rings. The zero-order chi connectivity index (χ0) is 14.9. The third-order valence-electron chi connectivity index (χ3n) is 4.90. The Morgan fingerprint density at radius 1 is 1.33 bits per heavy atom. The molecule has 1 aliphatic heterocycles. The minimum atomic E-state index is -0.332. The zero-order valence-corrected chi connectivity index (χ0v) is 12.4. The molecule has 0 amide bonds. The van der Waals surface area contributed by atoms with Crippen LogP contribution in [0.2, 0.25) is 0 Å². The summed E-state index contributed by atoms with van der Waals surface area (Å²) < 4.78 is 10.7. The molecule has 3 rings (SSSR count). The van der Waals surface area contributed by atoms with Gasteiger partial charge in [-0.1, -0.05) is 12.1 Å². The molecular formula is C17H22O4. The van der Waals surface area contributed by atoms with Gasteiger partial charge in [0.25, 0.3) is 0 Å². The maximum atomic E-state index is 11.5. The molecule has 1 N–H and O–H groups in total. The maximum absolute atomic E-state index is 11.5. The molecule has 1 spiro atoms. The van der Waals surface area contributed by atoms with Crippen molar-refractivity contribution in [3.05, 3.63) is 35.4 Å². The Bertz CT molecular complexity index is 502. The Morgan fingerprint density at radius 2 is 2.10 bits per heavy atom. The molecule has 0 bridgehead atoms. The molecule has 0 aromatic heterocycles. The zero-order valence-electron chi connectivity index (χ0n) is 12.4. The Kier molecular flexibility index (Phi) is 4.00. The summed E-state index contributed by atoms with van der Waals surface area (Å²) in [7, 11) is 1.38. The van der Waals surface area contributed by atoms with E-state index in [9.17, 15) is 9.90 Å². The van der Waals surface area contributed by atoms with Gasteiger partial charge in [-0.25, -0.2) is 4.79 Å². The molecule has 21 heavy (non-hydrogen) atoms. The molecule has 0 unspecified atom stereocenters. The first-order valence-electron chi connectivity index (χ1n) is 7.64. The highest BCUT2D eigenvalue weighted by atomic mass is 16.5. The van der Waals surface area contributed by atoms with Crippen LogP contribution in [0, 0.1) is 0 Å². The number of esters is 1. The van der Waals surface area contributed by atoms with Crippen LogP contribution in [0.4, 0.5) is 0 Å². The minimum Gasteiger partial charge on any atom is -0.465 e. The largest absolute Gasteiger partial charge is 0.465 e. The molecule has 2 fully saturated rings. The molecule has 4 nitrogen and oxygen atoms in total. The lowest BCUT2D eigenvalue weighted by Gasteiger charge is -2.40. The van der Waals surface area contributed by atoms with E-state index < -0.39 is 0 Å². The molecule has 1 saturated carbocycles. The van der Waals surface area contributed by atoms with Gasteiger partial charge in [0, 0.05) is 12.5 Å². The summed E-state index contributed by atoms with van der Waals surface area (Å²) >= 11 is 0. The van der Waals surface area contributed by atoms with E-state index in [2.05, 4.69) is 0 Å². The highest BCUT2D eigenvalue weighted by molar-refractivity contribution is 5.89. The summed E-state index contributed by atoms with van der Waals surface area (Å²) in [6, 6.07) is 7.39. The molecule has 1 heterocycles. The second kappa shape index (κ2) is 5.78. The molecule has 1 aromatic carbocycles. The molecule has 4 heteroatoms. The van der Waals surface area contributed by atoms with Gasteiger partial charge in [-0.3, -0.25) is 0 Å². The number of aliphatic hydroxyl groups excluding tert-OH is 1. The average molecular weight is 290 g/mol. The third-order valence-corrected chi connectivity index (χ3v) is 4.90. The van der Waals surface area contributed by atoms with Crippen molar-refractivity contribution in [2.75, 3.05) is 13.7 Å². The summed E-state index contributed by atoms with van der Waals surface area (Å²) in [5.41, 5.74) is 1.58. The number of hydrogen-bond acceptors (Lipinski definition) is 4. The van der Waals surface area contributed by atoms with Crippen LogP contribution in [0.5, 0.6) is 0 Å². The Balaban J connectivity index is 1.79. The summed E-state index contributed by atoms with van der Waals surface area (Å²) in [6.07, 6.45) is 4.48. The van der Waals surface area contributed by atoms with E-state index in [1.54, 1.807) is 12.1 Å². The molecule has 1 saturated heterocycles. The predicted molar refractivity (Wildman–Crippen MR) is 78.3 cm³/mol. The predicted octanol–water partition coefficient (Wildman–Crippen LogP) is 2.65. The van der Waals surface area contributed by atoms with E-state index in [0.29, 0.717) is 5.56 Å². The van der Waals surface area contributed by atoms with Crippen LogP contribution in [0.25, 0.3) is 0 Å². The maximum Gasteiger partial charge on any atom is 0.337 e. The molecule has 0 radical (unpaired) electrons. The van der Waals surface area contributed by atoms with Crippen LogP contribution in [0.15, 0.2) is 24.3 Å². The van der Waals surface area contributed by atoms with Crippen LogP contribution >= 0.6 is 0 Å². The normalized spacial score (nSPS) is 32.3. The molecular weight excluding hydrogens is 268 g/mol. The van der Waals surface area contributed by atoms with Crippen molar-refractivity contribution in [2.24, 2.45) is 0 Å². The number of benzene rings is 1. The standard InChI is InChI=1S/C17H22O4/c1-20-16(19)13-5-3-12(4-6-13)14-11-17(8-2-10-21-17)9-7-15(14)18/h3-6,14-15,18H,2,7-11H2,1H3/t14-,15-,17-/m0/s1. The monoisotopic (exact) mass is 290 g/mol. The van der Waals surface area contributed by atoms with E-state index >= 15 is 0 Å². The van der Waals surface area contributed by atoms with Gasteiger partial charge in [0.1, 0.15) is 0 Å². The van der Waals surface area contributed by atoms with Crippen LogP contribution < -0.4 is 0 Å². The fourth-order valence-corrected chi connectivity index (χ4v) is 3.69. The van der Waals surface area contributed by atoms with E-state index in [1.165, 1.54) is 7.11 Å². The van der Waals surface area contributed by atoms with Crippen molar-refractivity contribution in [2.45, 2.75) is 49.7 Å². The summed E-state index contributed by atoms with van der Waals surface area (Å²) in [6.45, 7) is 0.837. The van der Waals surface area contributed by atoms with Crippen LogP contribution in [-0.4, -0.2) is 36.5 Å². The van der Waals surface area contributed by atoms with Crippen LogP contribution in [-0.2, 0) is 9.47 Å². The number of rotatable bonds is 2. The van der Waals surface area contributed by atoms with Crippen molar-refractivity contribution >= 4 is 5.97 Å². The topological polar surface area (TPSA) is 55.8 Å². The molecule has 3 atom stereocenters. The fourth-order valence-electron chi connectivity index (χ4n) is 3.69. The van der Waals surface area contributed by atoms with Gasteiger partial charge in [0.05, 0.1) is 24.4 Å². The summed E-state index contributed by atoms with van der Waals surface area (Å²) in [5.74, 6) is -0.245.